The maximum atomic E-state index is 11.4. The van der Waals surface area contributed by atoms with Crippen LogP contribution in [0.15, 0.2) is 47.3 Å². The minimum absolute atomic E-state index is 0.0164. The van der Waals surface area contributed by atoms with E-state index in [-0.39, 0.29) is 11.3 Å². The van der Waals surface area contributed by atoms with Crippen LogP contribution >= 0.6 is 0 Å². The van der Waals surface area contributed by atoms with Crippen LogP contribution in [0.4, 0.5) is 0 Å². The van der Waals surface area contributed by atoms with Gasteiger partial charge in [0.15, 0.2) is 0 Å². The second-order valence-electron chi connectivity index (χ2n) is 2.90. The van der Waals surface area contributed by atoms with Crippen LogP contribution in [0, 0.1) is 0 Å². The Hall–Kier alpha value is -2.43. The van der Waals surface area contributed by atoms with E-state index in [0.717, 1.165) is 0 Å². The van der Waals surface area contributed by atoms with Crippen LogP contribution in [0.2, 0.25) is 0 Å². The minimum Gasteiger partial charge on any atom is -0.457 e. The standard InChI is InChI=1S/C11H7NO4/c13-10(8-3-1-5-12-7-8)16-11(14)9-4-2-6-15-9/h1-7H. The second-order valence-corrected chi connectivity index (χ2v) is 2.90. The van der Waals surface area contributed by atoms with Crippen molar-refractivity contribution >= 4 is 11.9 Å². The predicted molar refractivity (Wildman–Crippen MR) is 52.7 cm³/mol. The zero-order valence-electron chi connectivity index (χ0n) is 8.12. The van der Waals surface area contributed by atoms with Gasteiger partial charge in [0.05, 0.1) is 11.8 Å². The summed E-state index contributed by atoms with van der Waals surface area (Å²) in [6.07, 6.45) is 4.16. The first-order valence-corrected chi connectivity index (χ1v) is 4.47. The average Bonchev–Trinajstić information content (AvgIpc) is 2.83. The van der Waals surface area contributed by atoms with Crippen LogP contribution in [0.25, 0.3) is 0 Å². The van der Waals surface area contributed by atoms with E-state index in [1.54, 1.807) is 6.07 Å². The third-order valence-corrected chi connectivity index (χ3v) is 1.80. The molecule has 80 valence electrons. The van der Waals surface area contributed by atoms with Crippen molar-refractivity contribution in [3.05, 3.63) is 54.2 Å². The first-order chi connectivity index (χ1) is 7.77. The lowest BCUT2D eigenvalue weighted by atomic mass is 10.3. The first kappa shape index (κ1) is 10.1. The van der Waals surface area contributed by atoms with Gasteiger partial charge in [0, 0.05) is 12.4 Å². The third kappa shape index (κ3) is 2.14. The number of pyridine rings is 1. The second kappa shape index (κ2) is 4.39. The Bertz CT molecular complexity index is 490. The van der Waals surface area contributed by atoms with Crippen LogP contribution in [0.3, 0.4) is 0 Å². The number of hydrogen-bond acceptors (Lipinski definition) is 5. The van der Waals surface area contributed by atoms with Crippen LogP contribution < -0.4 is 0 Å². The van der Waals surface area contributed by atoms with E-state index in [2.05, 4.69) is 9.72 Å². The molecule has 5 nitrogen and oxygen atoms in total. The van der Waals surface area contributed by atoms with Crippen molar-refractivity contribution < 1.29 is 18.7 Å². The highest BCUT2D eigenvalue weighted by molar-refractivity contribution is 6.01. The number of aromatic nitrogens is 1. The van der Waals surface area contributed by atoms with E-state index < -0.39 is 11.9 Å². The molecule has 2 heterocycles. The highest BCUT2D eigenvalue weighted by Gasteiger charge is 2.16. The zero-order chi connectivity index (χ0) is 11.4. The van der Waals surface area contributed by atoms with E-state index in [9.17, 15) is 9.59 Å². The Morgan fingerprint density at radius 3 is 2.69 bits per heavy atom. The molecule has 2 aromatic heterocycles. The van der Waals surface area contributed by atoms with Crippen LogP contribution in [0.5, 0.6) is 0 Å². The van der Waals surface area contributed by atoms with Crippen molar-refractivity contribution in [3.8, 4) is 0 Å². The summed E-state index contributed by atoms with van der Waals surface area (Å²) in [5.74, 6) is -1.59. The summed E-state index contributed by atoms with van der Waals surface area (Å²) in [5, 5.41) is 0. The number of rotatable bonds is 2. The fourth-order valence-electron chi connectivity index (χ4n) is 1.07. The van der Waals surface area contributed by atoms with Gasteiger partial charge in [-0.05, 0) is 24.3 Å². The molecule has 0 radical (unpaired) electrons. The molecule has 0 aliphatic carbocycles. The van der Waals surface area contributed by atoms with Crippen molar-refractivity contribution in [1.29, 1.82) is 0 Å². The van der Waals surface area contributed by atoms with Gasteiger partial charge < -0.3 is 9.15 Å². The molecule has 0 unspecified atom stereocenters. The predicted octanol–water partition coefficient (Wildman–Crippen LogP) is 1.67. The van der Waals surface area contributed by atoms with E-state index in [4.69, 9.17) is 4.42 Å². The summed E-state index contributed by atoms with van der Waals surface area (Å²) in [5.41, 5.74) is 0.211. The van der Waals surface area contributed by atoms with E-state index in [0.29, 0.717) is 0 Å². The maximum Gasteiger partial charge on any atom is 0.382 e. The lowest BCUT2D eigenvalue weighted by Gasteiger charge is -1.99. The number of carbonyl (C=O) groups excluding carboxylic acids is 2. The number of hydrogen-bond donors (Lipinski definition) is 0. The molecule has 2 rings (SSSR count). The van der Waals surface area contributed by atoms with Crippen LogP contribution in [-0.2, 0) is 4.74 Å². The van der Waals surface area contributed by atoms with Gasteiger partial charge in [0.2, 0.25) is 5.76 Å². The molecule has 0 aliphatic heterocycles. The smallest absolute Gasteiger partial charge is 0.382 e. The van der Waals surface area contributed by atoms with Crippen molar-refractivity contribution in [1.82, 2.24) is 4.98 Å². The molecule has 2 aromatic rings. The van der Waals surface area contributed by atoms with Gasteiger partial charge in [-0.15, -0.1) is 0 Å². The minimum atomic E-state index is -0.821. The summed E-state index contributed by atoms with van der Waals surface area (Å²) in [7, 11) is 0. The maximum absolute atomic E-state index is 11.4. The van der Waals surface area contributed by atoms with Crippen molar-refractivity contribution in [2.75, 3.05) is 0 Å². The molecule has 0 spiro atoms. The fraction of sp³-hybridized carbons (Fsp3) is 0. The SMILES string of the molecule is O=C(OC(=O)c1ccco1)c1cccnc1. The molecule has 0 N–H and O–H groups in total. The van der Waals surface area contributed by atoms with Crippen molar-refractivity contribution in [2.45, 2.75) is 0 Å². The monoisotopic (exact) mass is 217 g/mol. The van der Waals surface area contributed by atoms with Gasteiger partial charge in [-0.25, -0.2) is 9.59 Å². The van der Waals surface area contributed by atoms with Crippen molar-refractivity contribution in [3.63, 3.8) is 0 Å². The number of furan rings is 1. The molecule has 0 aliphatic rings. The highest BCUT2D eigenvalue weighted by Crippen LogP contribution is 2.05. The summed E-state index contributed by atoms with van der Waals surface area (Å²) in [6.45, 7) is 0. The van der Waals surface area contributed by atoms with E-state index >= 15 is 0 Å². The molecule has 16 heavy (non-hydrogen) atoms. The number of nitrogens with zero attached hydrogens (tertiary/aromatic N) is 1. The number of ether oxygens (including phenoxy) is 1. The Morgan fingerprint density at radius 2 is 2.06 bits per heavy atom. The Kier molecular flexibility index (Phi) is 2.77. The van der Waals surface area contributed by atoms with Crippen LogP contribution in [-0.4, -0.2) is 16.9 Å². The Labute approximate surface area is 90.7 Å². The van der Waals surface area contributed by atoms with E-state index in [1.807, 2.05) is 0 Å². The first-order valence-electron chi connectivity index (χ1n) is 4.47. The van der Waals surface area contributed by atoms with Gasteiger partial charge in [-0.1, -0.05) is 0 Å². The summed E-state index contributed by atoms with van der Waals surface area (Å²) < 4.78 is 9.36. The third-order valence-electron chi connectivity index (χ3n) is 1.80. The lowest BCUT2D eigenvalue weighted by molar-refractivity contribution is 0.0375. The topological polar surface area (TPSA) is 69.4 Å². The molecular formula is C11H7NO4. The number of esters is 2. The molecule has 0 atom stereocenters. The quantitative estimate of drug-likeness (QED) is 0.565. The summed E-state index contributed by atoms with van der Waals surface area (Å²) >= 11 is 0. The van der Waals surface area contributed by atoms with Crippen molar-refractivity contribution in [2.24, 2.45) is 0 Å². The number of carbonyl (C=O) groups is 2. The molecule has 0 saturated heterocycles. The normalized spacial score (nSPS) is 9.75. The van der Waals surface area contributed by atoms with Gasteiger partial charge >= 0.3 is 11.9 Å². The molecule has 5 heteroatoms. The highest BCUT2D eigenvalue weighted by atomic mass is 16.6. The van der Waals surface area contributed by atoms with Gasteiger partial charge in [-0.2, -0.15) is 0 Å². The molecule has 0 saturated carbocycles. The molecule has 0 bridgehead atoms. The Balaban J connectivity index is 2.06. The molecule has 0 amide bonds. The largest absolute Gasteiger partial charge is 0.457 e. The van der Waals surface area contributed by atoms with Crippen LogP contribution in [0.1, 0.15) is 20.9 Å². The molecular weight excluding hydrogens is 210 g/mol. The lowest BCUT2D eigenvalue weighted by Crippen LogP contribution is -2.12. The zero-order valence-corrected chi connectivity index (χ0v) is 8.12. The molecule has 0 aromatic carbocycles. The van der Waals surface area contributed by atoms with Gasteiger partial charge in [0.1, 0.15) is 0 Å². The van der Waals surface area contributed by atoms with Gasteiger partial charge in [0.25, 0.3) is 0 Å². The average molecular weight is 217 g/mol. The Morgan fingerprint density at radius 1 is 1.19 bits per heavy atom. The molecule has 0 fully saturated rings. The van der Waals surface area contributed by atoms with Gasteiger partial charge in [-0.3, -0.25) is 4.98 Å². The fourth-order valence-corrected chi connectivity index (χ4v) is 1.07. The summed E-state index contributed by atoms with van der Waals surface area (Å²) in [4.78, 5) is 26.5. The van der Waals surface area contributed by atoms with E-state index in [1.165, 1.54) is 36.9 Å². The summed E-state index contributed by atoms with van der Waals surface area (Å²) in [6, 6.07) is 6.03.